The van der Waals surface area contributed by atoms with E-state index < -0.39 is 0 Å². The molecule has 0 aliphatic heterocycles. The van der Waals surface area contributed by atoms with Crippen LogP contribution in [0, 0.1) is 0 Å². The van der Waals surface area contributed by atoms with Gasteiger partial charge in [0.05, 0.1) is 0 Å². The zero-order valence-corrected chi connectivity index (χ0v) is 18.4. The van der Waals surface area contributed by atoms with E-state index in [-0.39, 0.29) is 46.5 Å². The predicted octanol–water partition coefficient (Wildman–Crippen LogP) is 0.392. The van der Waals surface area contributed by atoms with Crippen LogP contribution < -0.4 is 30.5 Å². The van der Waals surface area contributed by atoms with E-state index in [0.717, 1.165) is 5.69 Å². The van der Waals surface area contributed by atoms with Crippen LogP contribution in [0.4, 0.5) is 5.69 Å². The second kappa shape index (κ2) is 14.0. The molecule has 5 rings (SSSR count). The Morgan fingerprint density at radius 1 is 0.500 bits per heavy atom. The third-order valence-corrected chi connectivity index (χ3v) is 3.89. The molecule has 0 bridgehead atoms. The summed E-state index contributed by atoms with van der Waals surface area (Å²) < 4.78 is 0. The molecule has 140 valence electrons. The molecular formula is C24H21Cl2NTi. The quantitative estimate of drug-likeness (QED) is 0.210. The Bertz CT molecular complexity index is 896. The van der Waals surface area contributed by atoms with E-state index in [2.05, 4.69) is 84.9 Å². The first-order valence-corrected chi connectivity index (χ1v) is 8.34. The van der Waals surface area contributed by atoms with Crippen LogP contribution in [-0.4, -0.2) is 0 Å². The standard InChI is InChI=1S/2C9H7.C6H7N.2ClH.Ti/c2*1-2-5-9-7-3-6-8(9)4-1;7-6-4-2-1-3-5-6;;;/h2*1-7H;1-5H,7H2;2*1H;/q2*-1;;;;+4/p-2. The Hall–Kier alpha value is -2.03. The summed E-state index contributed by atoms with van der Waals surface area (Å²) in [6.45, 7) is 0. The third-order valence-electron chi connectivity index (χ3n) is 3.89. The van der Waals surface area contributed by atoms with Crippen LogP contribution in [0.25, 0.3) is 21.5 Å². The third kappa shape index (κ3) is 7.92. The monoisotopic (exact) mass is 441 g/mol. The van der Waals surface area contributed by atoms with E-state index in [0.29, 0.717) is 0 Å². The number of nitrogens with two attached hydrogens (primary N) is 1. The average molecular weight is 442 g/mol. The number of benzene rings is 3. The van der Waals surface area contributed by atoms with E-state index in [1.54, 1.807) is 0 Å². The van der Waals surface area contributed by atoms with Crippen molar-refractivity contribution < 1.29 is 46.5 Å². The van der Waals surface area contributed by atoms with Crippen molar-refractivity contribution in [3.05, 3.63) is 115 Å². The molecule has 0 saturated carbocycles. The molecule has 0 saturated heterocycles. The molecule has 0 spiro atoms. The summed E-state index contributed by atoms with van der Waals surface area (Å²) >= 11 is 0. The molecule has 4 heteroatoms. The number of rotatable bonds is 0. The summed E-state index contributed by atoms with van der Waals surface area (Å²) in [5.74, 6) is 0. The van der Waals surface area contributed by atoms with Gasteiger partial charge >= 0.3 is 21.7 Å². The fourth-order valence-corrected chi connectivity index (χ4v) is 2.59. The number of hydrogen-bond acceptors (Lipinski definition) is 1. The van der Waals surface area contributed by atoms with E-state index in [1.165, 1.54) is 21.5 Å². The smallest absolute Gasteiger partial charge is 1.00 e. The van der Waals surface area contributed by atoms with Crippen molar-refractivity contribution >= 4 is 27.2 Å². The summed E-state index contributed by atoms with van der Waals surface area (Å²) in [7, 11) is 0. The van der Waals surface area contributed by atoms with Crippen molar-refractivity contribution in [3.63, 3.8) is 0 Å². The van der Waals surface area contributed by atoms with Crippen molar-refractivity contribution in [1.29, 1.82) is 0 Å². The Morgan fingerprint density at radius 2 is 0.893 bits per heavy atom. The van der Waals surface area contributed by atoms with Gasteiger partial charge in [0, 0.05) is 5.69 Å². The fraction of sp³-hybridized carbons (Fsp3) is 0. The topological polar surface area (TPSA) is 26.0 Å². The summed E-state index contributed by atoms with van der Waals surface area (Å²) in [6.07, 6.45) is 0. The van der Waals surface area contributed by atoms with Crippen molar-refractivity contribution in [2.45, 2.75) is 0 Å². The number of anilines is 1. The first kappa shape index (κ1) is 26.0. The van der Waals surface area contributed by atoms with Crippen LogP contribution >= 0.6 is 0 Å². The van der Waals surface area contributed by atoms with Gasteiger partial charge in [0.1, 0.15) is 0 Å². The molecule has 2 N–H and O–H groups in total. The van der Waals surface area contributed by atoms with Gasteiger partial charge in [-0.15, -0.1) is 59.3 Å². The second-order valence-corrected chi connectivity index (χ2v) is 5.72. The first-order valence-electron chi connectivity index (χ1n) is 8.34. The molecule has 0 aromatic heterocycles. The van der Waals surface area contributed by atoms with Crippen LogP contribution in [0.5, 0.6) is 0 Å². The SMILES string of the molecule is Nc1ccccc1.[Cl-].[Cl-].[Ti+4].c1ccc2[cH-]ccc2c1.c1ccc2[cH-]ccc2c1. The largest absolute Gasteiger partial charge is 4.00 e. The summed E-state index contributed by atoms with van der Waals surface area (Å²) in [5, 5.41) is 5.32. The number of halogens is 2. The van der Waals surface area contributed by atoms with Crippen LogP contribution in [0.3, 0.4) is 0 Å². The van der Waals surface area contributed by atoms with Gasteiger partial charge in [0.15, 0.2) is 0 Å². The van der Waals surface area contributed by atoms with Gasteiger partial charge < -0.3 is 30.5 Å². The number of para-hydroxylation sites is 1. The number of fused-ring (bicyclic) bond motifs is 2. The minimum absolute atomic E-state index is 0. The molecule has 5 aromatic rings. The van der Waals surface area contributed by atoms with E-state index in [1.807, 2.05) is 30.3 Å². The van der Waals surface area contributed by atoms with Gasteiger partial charge in [-0.1, -0.05) is 30.3 Å². The molecular weight excluding hydrogens is 421 g/mol. The Morgan fingerprint density at radius 3 is 1.25 bits per heavy atom. The minimum Gasteiger partial charge on any atom is -1.00 e. The molecule has 0 unspecified atom stereocenters. The maximum absolute atomic E-state index is 5.36. The molecule has 0 amide bonds. The van der Waals surface area contributed by atoms with Crippen LogP contribution in [0.15, 0.2) is 115 Å². The Labute approximate surface area is 194 Å². The average Bonchev–Trinajstić information content (AvgIpc) is 3.32. The zero-order chi connectivity index (χ0) is 17.3. The van der Waals surface area contributed by atoms with Gasteiger partial charge in [0.25, 0.3) is 0 Å². The molecule has 5 aromatic carbocycles. The van der Waals surface area contributed by atoms with Crippen LogP contribution in [0.1, 0.15) is 0 Å². The second-order valence-electron chi connectivity index (χ2n) is 5.72. The van der Waals surface area contributed by atoms with Crippen molar-refractivity contribution in [1.82, 2.24) is 0 Å². The van der Waals surface area contributed by atoms with Gasteiger partial charge in [-0.3, -0.25) is 0 Å². The summed E-state index contributed by atoms with van der Waals surface area (Å²) in [4.78, 5) is 0. The normalized spacial score (nSPS) is 8.71. The van der Waals surface area contributed by atoms with Crippen molar-refractivity contribution in [2.24, 2.45) is 0 Å². The molecule has 0 heterocycles. The van der Waals surface area contributed by atoms with Crippen LogP contribution in [0.2, 0.25) is 0 Å². The molecule has 0 atom stereocenters. The zero-order valence-electron chi connectivity index (χ0n) is 15.3. The van der Waals surface area contributed by atoms with Gasteiger partial charge in [-0.25, -0.2) is 0 Å². The van der Waals surface area contributed by atoms with Crippen LogP contribution in [-0.2, 0) is 21.7 Å². The predicted molar refractivity (Wildman–Crippen MR) is 110 cm³/mol. The Balaban J connectivity index is 0.000000374. The summed E-state index contributed by atoms with van der Waals surface area (Å²) in [6, 6.07) is 38.8. The maximum atomic E-state index is 5.36. The first-order chi connectivity index (χ1) is 12.3. The molecule has 28 heavy (non-hydrogen) atoms. The van der Waals surface area contributed by atoms with Gasteiger partial charge in [-0.2, -0.15) is 35.0 Å². The molecule has 0 radical (unpaired) electrons. The molecule has 1 nitrogen and oxygen atoms in total. The number of hydrogen-bond donors (Lipinski definition) is 1. The van der Waals surface area contributed by atoms with E-state index in [4.69, 9.17) is 5.73 Å². The van der Waals surface area contributed by atoms with E-state index >= 15 is 0 Å². The summed E-state index contributed by atoms with van der Waals surface area (Å²) in [5.41, 5.74) is 6.18. The fourth-order valence-electron chi connectivity index (χ4n) is 2.59. The molecule has 0 aliphatic carbocycles. The van der Waals surface area contributed by atoms with Crippen molar-refractivity contribution in [3.8, 4) is 0 Å². The maximum Gasteiger partial charge on any atom is 4.00 e. The number of nitrogen functional groups attached to an aromatic ring is 1. The molecule has 0 aliphatic rings. The Kier molecular flexibility index (Phi) is 13.0. The van der Waals surface area contributed by atoms with E-state index in [9.17, 15) is 0 Å². The molecule has 0 fully saturated rings. The van der Waals surface area contributed by atoms with Crippen molar-refractivity contribution in [2.75, 3.05) is 5.73 Å². The van der Waals surface area contributed by atoms with Gasteiger partial charge in [0.2, 0.25) is 0 Å². The van der Waals surface area contributed by atoms with Gasteiger partial charge in [-0.05, 0) is 12.1 Å². The minimum atomic E-state index is 0.